The van der Waals surface area contributed by atoms with Crippen molar-refractivity contribution < 1.29 is 14.7 Å². The van der Waals surface area contributed by atoms with Gasteiger partial charge in [0.25, 0.3) is 0 Å². The molecular weight excluding hydrogens is 246 g/mol. The summed E-state index contributed by atoms with van der Waals surface area (Å²) in [6.45, 7) is 0.504. The molecular formula is C13H19N3O3. The first-order valence-electron chi connectivity index (χ1n) is 6.66. The highest BCUT2D eigenvalue weighted by atomic mass is 16.4. The normalized spacial score (nSPS) is 22.9. The highest BCUT2D eigenvalue weighted by Crippen LogP contribution is 2.30. The van der Waals surface area contributed by atoms with Gasteiger partial charge in [0.2, 0.25) is 5.91 Å². The van der Waals surface area contributed by atoms with Crippen molar-refractivity contribution in [3.05, 3.63) is 18.2 Å². The monoisotopic (exact) mass is 265 g/mol. The molecule has 1 saturated carbocycles. The van der Waals surface area contributed by atoms with Gasteiger partial charge in [-0.2, -0.15) is 0 Å². The number of hydrogen-bond donors (Lipinski definition) is 3. The van der Waals surface area contributed by atoms with Crippen molar-refractivity contribution in [1.82, 2.24) is 15.3 Å². The van der Waals surface area contributed by atoms with E-state index >= 15 is 0 Å². The summed E-state index contributed by atoms with van der Waals surface area (Å²) in [5, 5.41) is 12.0. The van der Waals surface area contributed by atoms with Gasteiger partial charge in [-0.25, -0.2) is 4.98 Å². The minimum atomic E-state index is -0.853. The van der Waals surface area contributed by atoms with Crippen LogP contribution in [0.4, 0.5) is 0 Å². The molecule has 6 nitrogen and oxygen atoms in total. The molecule has 1 aromatic rings. The number of rotatable bonds is 5. The summed E-state index contributed by atoms with van der Waals surface area (Å²) < 4.78 is 0. The maximum absolute atomic E-state index is 12.0. The van der Waals surface area contributed by atoms with Crippen molar-refractivity contribution in [3.8, 4) is 0 Å². The van der Waals surface area contributed by atoms with E-state index in [0.29, 0.717) is 25.8 Å². The highest BCUT2D eigenvalue weighted by Gasteiger charge is 2.35. The molecule has 2 unspecified atom stereocenters. The number of carboxylic acids is 1. The number of amides is 1. The van der Waals surface area contributed by atoms with E-state index in [2.05, 4.69) is 15.3 Å². The number of hydrogen-bond acceptors (Lipinski definition) is 3. The van der Waals surface area contributed by atoms with Crippen LogP contribution in [0.1, 0.15) is 31.4 Å². The van der Waals surface area contributed by atoms with Crippen LogP contribution in [-0.4, -0.2) is 33.5 Å². The van der Waals surface area contributed by atoms with Crippen LogP contribution >= 0.6 is 0 Å². The number of H-pyrrole nitrogens is 1. The van der Waals surface area contributed by atoms with Crippen LogP contribution in [0, 0.1) is 11.8 Å². The number of carbonyl (C=O) groups excluding carboxylic acids is 1. The minimum absolute atomic E-state index is 0.133. The Kier molecular flexibility index (Phi) is 4.54. The molecule has 0 saturated heterocycles. The Bertz CT molecular complexity index is 430. The molecule has 0 aliphatic heterocycles. The summed E-state index contributed by atoms with van der Waals surface area (Å²) in [5.41, 5.74) is 0.957. The van der Waals surface area contributed by atoms with E-state index < -0.39 is 11.9 Å². The van der Waals surface area contributed by atoms with Crippen molar-refractivity contribution in [1.29, 1.82) is 0 Å². The summed E-state index contributed by atoms with van der Waals surface area (Å²) in [6.07, 6.45) is 7.10. The van der Waals surface area contributed by atoms with Gasteiger partial charge in [0.1, 0.15) is 0 Å². The Morgan fingerprint density at radius 1 is 1.37 bits per heavy atom. The minimum Gasteiger partial charge on any atom is -0.481 e. The maximum atomic E-state index is 12.0. The van der Waals surface area contributed by atoms with Gasteiger partial charge < -0.3 is 15.4 Å². The van der Waals surface area contributed by atoms with Crippen LogP contribution in [0.25, 0.3) is 0 Å². The van der Waals surface area contributed by atoms with E-state index in [9.17, 15) is 9.59 Å². The number of imidazole rings is 1. The quantitative estimate of drug-likeness (QED) is 0.739. The van der Waals surface area contributed by atoms with E-state index in [1.165, 1.54) is 0 Å². The first-order chi connectivity index (χ1) is 9.18. The molecule has 0 radical (unpaired) electrons. The van der Waals surface area contributed by atoms with Crippen molar-refractivity contribution in [3.63, 3.8) is 0 Å². The predicted octanol–water partition coefficient (Wildman–Crippen LogP) is 0.959. The van der Waals surface area contributed by atoms with Gasteiger partial charge in [0, 0.05) is 24.9 Å². The van der Waals surface area contributed by atoms with Gasteiger partial charge in [0.15, 0.2) is 0 Å². The van der Waals surface area contributed by atoms with Crippen molar-refractivity contribution in [2.45, 2.75) is 32.1 Å². The molecule has 0 bridgehead atoms. The van der Waals surface area contributed by atoms with Crippen LogP contribution in [0.15, 0.2) is 12.5 Å². The molecule has 1 heterocycles. The Morgan fingerprint density at radius 3 is 2.74 bits per heavy atom. The Morgan fingerprint density at radius 2 is 2.11 bits per heavy atom. The topological polar surface area (TPSA) is 95.1 Å². The second-order valence-corrected chi connectivity index (χ2v) is 4.95. The standard InChI is InChI=1S/C13H19N3O3/c17-12(15-6-5-9-7-14-8-16-9)10-3-1-2-4-11(10)13(18)19/h7-8,10-11H,1-6H2,(H,14,16)(H,15,17)(H,18,19). The smallest absolute Gasteiger partial charge is 0.307 e. The number of carboxylic acid groups (broad SMARTS) is 1. The van der Waals surface area contributed by atoms with E-state index in [0.717, 1.165) is 18.5 Å². The van der Waals surface area contributed by atoms with Crippen molar-refractivity contribution >= 4 is 11.9 Å². The largest absolute Gasteiger partial charge is 0.481 e. The van der Waals surface area contributed by atoms with Crippen LogP contribution < -0.4 is 5.32 Å². The SMILES string of the molecule is O=C(O)C1CCCCC1C(=O)NCCc1cnc[nH]1. The molecule has 2 atom stereocenters. The summed E-state index contributed by atoms with van der Waals surface area (Å²) in [6, 6.07) is 0. The zero-order valence-corrected chi connectivity index (χ0v) is 10.8. The first-order valence-corrected chi connectivity index (χ1v) is 6.66. The summed E-state index contributed by atoms with van der Waals surface area (Å²) >= 11 is 0. The Hall–Kier alpha value is -1.85. The van der Waals surface area contributed by atoms with Gasteiger partial charge in [-0.3, -0.25) is 9.59 Å². The van der Waals surface area contributed by atoms with E-state index in [4.69, 9.17) is 5.11 Å². The van der Waals surface area contributed by atoms with Crippen molar-refractivity contribution in [2.75, 3.05) is 6.54 Å². The molecule has 0 spiro atoms. The molecule has 19 heavy (non-hydrogen) atoms. The number of carbonyl (C=O) groups is 2. The Balaban J connectivity index is 1.82. The lowest BCUT2D eigenvalue weighted by molar-refractivity contribution is -0.148. The third-order valence-corrected chi connectivity index (χ3v) is 3.67. The van der Waals surface area contributed by atoms with Gasteiger partial charge in [-0.1, -0.05) is 12.8 Å². The zero-order valence-electron chi connectivity index (χ0n) is 10.8. The van der Waals surface area contributed by atoms with Crippen molar-refractivity contribution in [2.24, 2.45) is 11.8 Å². The van der Waals surface area contributed by atoms with Gasteiger partial charge in [-0.15, -0.1) is 0 Å². The molecule has 3 N–H and O–H groups in total. The van der Waals surface area contributed by atoms with Gasteiger partial charge in [-0.05, 0) is 12.8 Å². The second kappa shape index (κ2) is 6.36. The number of aliphatic carboxylic acids is 1. The molecule has 1 fully saturated rings. The fraction of sp³-hybridized carbons (Fsp3) is 0.615. The lowest BCUT2D eigenvalue weighted by atomic mass is 9.78. The maximum Gasteiger partial charge on any atom is 0.307 e. The highest BCUT2D eigenvalue weighted by molar-refractivity contribution is 5.84. The van der Waals surface area contributed by atoms with Crippen LogP contribution in [0.5, 0.6) is 0 Å². The number of aromatic nitrogens is 2. The van der Waals surface area contributed by atoms with Gasteiger partial charge >= 0.3 is 5.97 Å². The molecule has 0 aromatic carbocycles. The van der Waals surface area contributed by atoms with Crippen LogP contribution in [0.2, 0.25) is 0 Å². The van der Waals surface area contributed by atoms with E-state index in [1.807, 2.05) is 0 Å². The van der Waals surface area contributed by atoms with E-state index in [1.54, 1.807) is 12.5 Å². The fourth-order valence-electron chi connectivity index (χ4n) is 2.61. The number of aromatic amines is 1. The van der Waals surface area contributed by atoms with Crippen LogP contribution in [0.3, 0.4) is 0 Å². The molecule has 104 valence electrons. The third-order valence-electron chi connectivity index (χ3n) is 3.67. The average Bonchev–Trinajstić information content (AvgIpc) is 2.91. The first kappa shape index (κ1) is 13.6. The average molecular weight is 265 g/mol. The molecule has 1 aliphatic carbocycles. The number of nitrogens with zero attached hydrogens (tertiary/aromatic N) is 1. The summed E-state index contributed by atoms with van der Waals surface area (Å²) in [5.74, 6) is -1.89. The molecule has 1 amide bonds. The predicted molar refractivity (Wildman–Crippen MR) is 68.4 cm³/mol. The Labute approximate surface area is 111 Å². The third kappa shape index (κ3) is 3.56. The second-order valence-electron chi connectivity index (χ2n) is 4.95. The zero-order chi connectivity index (χ0) is 13.7. The molecule has 2 rings (SSSR count). The molecule has 6 heteroatoms. The molecule has 1 aliphatic rings. The summed E-state index contributed by atoms with van der Waals surface area (Å²) in [7, 11) is 0. The van der Waals surface area contributed by atoms with E-state index in [-0.39, 0.29) is 11.8 Å². The summed E-state index contributed by atoms with van der Waals surface area (Å²) in [4.78, 5) is 30.0. The molecule has 1 aromatic heterocycles. The number of nitrogens with one attached hydrogen (secondary N) is 2. The fourth-order valence-corrected chi connectivity index (χ4v) is 2.61. The van der Waals surface area contributed by atoms with Gasteiger partial charge in [0.05, 0.1) is 18.2 Å². The van der Waals surface area contributed by atoms with Crippen LogP contribution in [-0.2, 0) is 16.0 Å². The lowest BCUT2D eigenvalue weighted by Crippen LogP contribution is -2.40. The lowest BCUT2D eigenvalue weighted by Gasteiger charge is -2.27.